The van der Waals surface area contributed by atoms with Gasteiger partial charge >= 0.3 is 111 Å². The molecule has 2 aromatic carbocycles. The predicted molar refractivity (Wildman–Crippen MR) is 72.9 cm³/mol. The Labute approximate surface area is 111 Å². The van der Waals surface area contributed by atoms with E-state index in [0.717, 1.165) is 7.22 Å². The van der Waals surface area contributed by atoms with Gasteiger partial charge in [-0.15, -0.1) is 0 Å². The normalized spacial score (nSPS) is 12.4. The summed E-state index contributed by atoms with van der Waals surface area (Å²) in [5.41, 5.74) is 0. The Hall–Kier alpha value is -0.590. The van der Waals surface area contributed by atoms with E-state index in [9.17, 15) is 10.2 Å². The topological polar surface area (TPSA) is 40.5 Å². The number of aromatic hydroxyl groups is 2. The van der Waals surface area contributed by atoms with Crippen LogP contribution in [0.3, 0.4) is 0 Å². The molecule has 0 atom stereocenters. The summed E-state index contributed by atoms with van der Waals surface area (Å²) in [6, 6.07) is 13.2. The molecule has 0 aliphatic carbocycles. The fourth-order valence-electron chi connectivity index (χ4n) is 1.37. The standard InChI is InChI=1S/C12H10Cl2O2Te/c13-17(14,11-5-1-9(15)2-6-11)12-7-3-10(16)4-8-12/h1-8,15-16H. The first-order chi connectivity index (χ1) is 8.00. The maximum absolute atomic E-state index is 9.23. The summed E-state index contributed by atoms with van der Waals surface area (Å²) in [6.07, 6.45) is 0. The quantitative estimate of drug-likeness (QED) is 0.779. The fraction of sp³-hybridized carbons (Fsp3) is 0. The van der Waals surface area contributed by atoms with Crippen molar-refractivity contribution in [2.24, 2.45) is 0 Å². The van der Waals surface area contributed by atoms with Crippen LogP contribution < -0.4 is 7.22 Å². The van der Waals surface area contributed by atoms with Gasteiger partial charge in [-0.25, -0.2) is 0 Å². The zero-order valence-corrected chi connectivity index (χ0v) is 12.5. The first-order valence-electron chi connectivity index (χ1n) is 4.81. The monoisotopic (exact) mass is 386 g/mol. The average Bonchev–Trinajstić information content (AvgIpc) is 2.30. The molecule has 2 aromatic rings. The third-order valence-electron chi connectivity index (χ3n) is 2.27. The molecular weight excluding hydrogens is 375 g/mol. The van der Waals surface area contributed by atoms with Gasteiger partial charge in [0.1, 0.15) is 0 Å². The fourth-order valence-corrected chi connectivity index (χ4v) is 7.64. The molecule has 0 heterocycles. The Morgan fingerprint density at radius 1 is 0.647 bits per heavy atom. The second-order valence-corrected chi connectivity index (χ2v) is 16.1. The van der Waals surface area contributed by atoms with Crippen LogP contribution in [0.5, 0.6) is 11.5 Å². The van der Waals surface area contributed by atoms with E-state index >= 15 is 0 Å². The molecule has 0 aromatic heterocycles. The van der Waals surface area contributed by atoms with E-state index in [1.54, 1.807) is 48.5 Å². The molecule has 2 rings (SSSR count). The molecule has 5 heteroatoms. The molecule has 2 nitrogen and oxygen atoms in total. The number of hydrogen-bond acceptors (Lipinski definition) is 2. The van der Waals surface area contributed by atoms with Gasteiger partial charge in [-0.05, 0) is 0 Å². The molecule has 0 aliphatic heterocycles. The summed E-state index contributed by atoms with van der Waals surface area (Å²) >= 11 is -3.36. The van der Waals surface area contributed by atoms with Crippen molar-refractivity contribution in [3.63, 3.8) is 0 Å². The molecule has 0 amide bonds. The van der Waals surface area contributed by atoms with Crippen LogP contribution in [0.1, 0.15) is 0 Å². The first kappa shape index (κ1) is 12.9. The van der Waals surface area contributed by atoms with E-state index < -0.39 is 15.9 Å². The van der Waals surface area contributed by atoms with Gasteiger partial charge in [0.05, 0.1) is 0 Å². The molecule has 0 bridgehead atoms. The Morgan fingerprint density at radius 2 is 0.941 bits per heavy atom. The van der Waals surface area contributed by atoms with E-state index in [2.05, 4.69) is 0 Å². The average molecular weight is 385 g/mol. The molecule has 17 heavy (non-hydrogen) atoms. The first-order valence-corrected chi connectivity index (χ1v) is 13.0. The van der Waals surface area contributed by atoms with Crippen LogP contribution in [0.15, 0.2) is 48.5 Å². The van der Waals surface area contributed by atoms with Crippen LogP contribution in [-0.4, -0.2) is 26.2 Å². The summed E-state index contributed by atoms with van der Waals surface area (Å²) in [5, 5.41) is 18.5. The van der Waals surface area contributed by atoms with E-state index in [-0.39, 0.29) is 11.5 Å². The molecule has 0 saturated heterocycles. The summed E-state index contributed by atoms with van der Waals surface area (Å²) in [7, 11) is 13.0. The van der Waals surface area contributed by atoms with Crippen molar-refractivity contribution in [1.82, 2.24) is 0 Å². The predicted octanol–water partition coefficient (Wildman–Crippen LogP) is 2.13. The van der Waals surface area contributed by atoms with Gasteiger partial charge < -0.3 is 0 Å². The molecular formula is C12H10Cl2O2Te. The summed E-state index contributed by atoms with van der Waals surface area (Å²) in [4.78, 5) is 0. The van der Waals surface area contributed by atoms with Crippen molar-refractivity contribution in [3.05, 3.63) is 48.5 Å². The van der Waals surface area contributed by atoms with Crippen molar-refractivity contribution < 1.29 is 10.2 Å². The Kier molecular flexibility index (Phi) is 3.75. The van der Waals surface area contributed by atoms with Gasteiger partial charge in [0, 0.05) is 0 Å². The number of rotatable bonds is 2. The van der Waals surface area contributed by atoms with Crippen LogP contribution in [0, 0.1) is 0 Å². The SMILES string of the molecule is Oc1ccc([Te](Cl)(Cl)c2ccc(O)cc2)cc1. The third-order valence-corrected chi connectivity index (χ3v) is 12.0. The van der Waals surface area contributed by atoms with E-state index in [0.29, 0.717) is 0 Å². The molecule has 90 valence electrons. The van der Waals surface area contributed by atoms with Crippen LogP contribution in [-0.2, 0) is 0 Å². The minimum absolute atomic E-state index is 0.187. The molecule has 0 fully saturated rings. The van der Waals surface area contributed by atoms with Crippen LogP contribution in [0.25, 0.3) is 0 Å². The molecule has 0 aliphatic rings. The van der Waals surface area contributed by atoms with Crippen LogP contribution >= 0.6 is 17.9 Å². The van der Waals surface area contributed by atoms with Gasteiger partial charge in [-0.3, -0.25) is 0 Å². The molecule has 0 radical (unpaired) electrons. The van der Waals surface area contributed by atoms with Gasteiger partial charge in [0.25, 0.3) is 0 Å². The summed E-state index contributed by atoms with van der Waals surface area (Å²) in [5.74, 6) is 0.373. The van der Waals surface area contributed by atoms with E-state index in [1.165, 1.54) is 0 Å². The second kappa shape index (κ2) is 4.96. The van der Waals surface area contributed by atoms with Gasteiger partial charge in [0.15, 0.2) is 0 Å². The number of phenolic OH excluding ortho intramolecular Hbond substituents is 2. The maximum atomic E-state index is 9.23. The molecule has 0 saturated carbocycles. The number of halogens is 2. The summed E-state index contributed by atoms with van der Waals surface area (Å²) in [6.45, 7) is 0. The van der Waals surface area contributed by atoms with Crippen molar-refractivity contribution in [1.29, 1.82) is 0 Å². The summed E-state index contributed by atoms with van der Waals surface area (Å²) < 4.78 is 1.69. The third kappa shape index (κ3) is 2.81. The Bertz CT molecular complexity index is 462. The van der Waals surface area contributed by atoms with Crippen molar-refractivity contribution in [2.75, 3.05) is 0 Å². The molecule has 0 spiro atoms. The van der Waals surface area contributed by atoms with E-state index in [1.807, 2.05) is 0 Å². The van der Waals surface area contributed by atoms with E-state index in [4.69, 9.17) is 17.9 Å². The number of benzene rings is 2. The minimum atomic E-state index is -3.36. The van der Waals surface area contributed by atoms with Crippen molar-refractivity contribution in [3.8, 4) is 11.5 Å². The Balaban J connectivity index is 2.41. The second-order valence-electron chi connectivity index (χ2n) is 3.46. The zero-order valence-electron chi connectivity index (χ0n) is 8.68. The zero-order chi connectivity index (χ0) is 12.5. The molecule has 2 N–H and O–H groups in total. The number of phenols is 2. The van der Waals surface area contributed by atoms with Crippen LogP contribution in [0.4, 0.5) is 0 Å². The van der Waals surface area contributed by atoms with Crippen molar-refractivity contribution in [2.45, 2.75) is 0 Å². The molecule has 0 unspecified atom stereocenters. The Morgan fingerprint density at radius 3 is 1.24 bits per heavy atom. The van der Waals surface area contributed by atoms with Gasteiger partial charge in [0.2, 0.25) is 0 Å². The number of hydrogen-bond donors (Lipinski definition) is 2. The van der Waals surface area contributed by atoms with Gasteiger partial charge in [-0.2, -0.15) is 0 Å². The van der Waals surface area contributed by atoms with Crippen molar-refractivity contribution >= 4 is 41.1 Å². The van der Waals surface area contributed by atoms with Crippen LogP contribution in [0.2, 0.25) is 0 Å². The van der Waals surface area contributed by atoms with Gasteiger partial charge in [-0.1, -0.05) is 0 Å².